The molecule has 2 N–H and O–H groups in total. The lowest BCUT2D eigenvalue weighted by Crippen LogP contribution is -2.34. The van der Waals surface area contributed by atoms with Crippen molar-refractivity contribution in [3.05, 3.63) is 41.5 Å². The zero-order valence-electron chi connectivity index (χ0n) is 12.7. The van der Waals surface area contributed by atoms with E-state index in [1.807, 2.05) is 0 Å². The molecule has 0 atom stereocenters. The van der Waals surface area contributed by atoms with E-state index < -0.39 is 17.3 Å². The molecule has 1 aromatic carbocycles. The van der Waals surface area contributed by atoms with Gasteiger partial charge in [-0.15, -0.1) is 12.4 Å². The van der Waals surface area contributed by atoms with Gasteiger partial charge in [-0.25, -0.2) is 0 Å². The van der Waals surface area contributed by atoms with Crippen LogP contribution < -0.4 is 10.5 Å². The first-order chi connectivity index (χ1) is 10.9. The molecule has 3 rings (SSSR count). The standard InChI is InChI=1S/C15H16F3N3O2.ClH/c16-15(17,18)10-3-5-11(6-4-10)22-9-12-20-13(21-23-12)14(19)7-1-2-8-14;/h3-6H,1-2,7-9,19H2;1H. The van der Waals surface area contributed by atoms with Crippen LogP contribution in [0.5, 0.6) is 5.75 Å². The van der Waals surface area contributed by atoms with Crippen molar-refractivity contribution < 1.29 is 22.4 Å². The fourth-order valence-corrected chi connectivity index (χ4v) is 2.63. The normalized spacial score (nSPS) is 16.7. The van der Waals surface area contributed by atoms with E-state index in [0.29, 0.717) is 11.6 Å². The number of hydrogen-bond acceptors (Lipinski definition) is 5. The van der Waals surface area contributed by atoms with Crippen molar-refractivity contribution in [2.24, 2.45) is 5.73 Å². The van der Waals surface area contributed by atoms with Crippen molar-refractivity contribution in [1.82, 2.24) is 10.1 Å². The van der Waals surface area contributed by atoms with Gasteiger partial charge in [0.15, 0.2) is 12.4 Å². The smallest absolute Gasteiger partial charge is 0.416 e. The molecule has 1 heterocycles. The maximum atomic E-state index is 12.5. The van der Waals surface area contributed by atoms with Crippen molar-refractivity contribution in [3.8, 4) is 5.75 Å². The summed E-state index contributed by atoms with van der Waals surface area (Å²) >= 11 is 0. The fraction of sp³-hybridized carbons (Fsp3) is 0.467. The lowest BCUT2D eigenvalue weighted by atomic mass is 9.99. The third-order valence-electron chi connectivity index (χ3n) is 3.95. The predicted molar refractivity (Wildman–Crippen MR) is 81.7 cm³/mol. The Hall–Kier alpha value is -1.80. The van der Waals surface area contributed by atoms with Crippen LogP contribution in [0.1, 0.15) is 43.0 Å². The zero-order chi connectivity index (χ0) is 16.5. The van der Waals surface area contributed by atoms with Gasteiger partial charge in [0.2, 0.25) is 0 Å². The molecule has 0 bridgehead atoms. The molecule has 2 aromatic rings. The molecule has 1 aliphatic carbocycles. The molecule has 9 heteroatoms. The molecule has 1 fully saturated rings. The molecule has 1 aromatic heterocycles. The van der Waals surface area contributed by atoms with Crippen molar-refractivity contribution in [2.45, 2.75) is 44.0 Å². The number of aromatic nitrogens is 2. The minimum atomic E-state index is -4.36. The minimum absolute atomic E-state index is 0. The Morgan fingerprint density at radius 2 is 1.79 bits per heavy atom. The second kappa shape index (κ2) is 6.98. The van der Waals surface area contributed by atoms with Crippen LogP contribution in [0.15, 0.2) is 28.8 Å². The van der Waals surface area contributed by atoms with E-state index in [1.165, 1.54) is 12.1 Å². The molecule has 0 unspecified atom stereocenters. The van der Waals surface area contributed by atoms with Crippen molar-refractivity contribution in [2.75, 3.05) is 0 Å². The molecule has 0 aliphatic heterocycles. The molecule has 5 nitrogen and oxygen atoms in total. The van der Waals surface area contributed by atoms with E-state index in [9.17, 15) is 13.2 Å². The quantitative estimate of drug-likeness (QED) is 0.893. The summed E-state index contributed by atoms with van der Waals surface area (Å²) in [6, 6.07) is 4.42. The summed E-state index contributed by atoms with van der Waals surface area (Å²) in [7, 11) is 0. The van der Waals surface area contributed by atoms with Crippen molar-refractivity contribution in [1.29, 1.82) is 0 Å². The van der Waals surface area contributed by atoms with Crippen LogP contribution in [0, 0.1) is 0 Å². The Balaban J connectivity index is 0.00000208. The average Bonchev–Trinajstić information content (AvgIpc) is 3.14. The first-order valence-corrected chi connectivity index (χ1v) is 7.29. The van der Waals surface area contributed by atoms with Gasteiger partial charge in [-0.2, -0.15) is 18.2 Å². The maximum Gasteiger partial charge on any atom is 0.416 e. The summed E-state index contributed by atoms with van der Waals surface area (Å²) < 4.78 is 47.9. The van der Waals surface area contributed by atoms with Gasteiger partial charge in [-0.05, 0) is 37.1 Å². The summed E-state index contributed by atoms with van der Waals surface area (Å²) in [5.41, 5.74) is 4.95. The lowest BCUT2D eigenvalue weighted by molar-refractivity contribution is -0.137. The Morgan fingerprint density at radius 3 is 2.38 bits per heavy atom. The number of alkyl halides is 3. The van der Waals surface area contributed by atoms with E-state index in [-0.39, 0.29) is 24.9 Å². The first-order valence-electron chi connectivity index (χ1n) is 7.29. The van der Waals surface area contributed by atoms with Crippen LogP contribution in [0.25, 0.3) is 0 Å². The lowest BCUT2D eigenvalue weighted by Gasteiger charge is -2.17. The van der Waals surface area contributed by atoms with Gasteiger partial charge in [0.25, 0.3) is 5.89 Å². The number of rotatable bonds is 4. The van der Waals surface area contributed by atoms with Gasteiger partial charge in [-0.3, -0.25) is 0 Å². The molecule has 0 saturated heterocycles. The van der Waals surface area contributed by atoms with Gasteiger partial charge >= 0.3 is 6.18 Å². The summed E-state index contributed by atoms with van der Waals surface area (Å²) in [6.07, 6.45) is -0.682. The molecule has 24 heavy (non-hydrogen) atoms. The highest BCUT2D eigenvalue weighted by molar-refractivity contribution is 5.85. The number of halogens is 4. The Bertz CT molecular complexity index is 667. The number of hydrogen-bond donors (Lipinski definition) is 1. The molecule has 1 aliphatic rings. The molecule has 0 amide bonds. The van der Waals surface area contributed by atoms with E-state index in [4.69, 9.17) is 15.0 Å². The van der Waals surface area contributed by atoms with E-state index >= 15 is 0 Å². The third-order valence-corrected chi connectivity index (χ3v) is 3.95. The topological polar surface area (TPSA) is 74.2 Å². The van der Waals surface area contributed by atoms with Gasteiger partial charge in [0.1, 0.15) is 5.75 Å². The van der Waals surface area contributed by atoms with Crippen LogP contribution in [-0.4, -0.2) is 10.1 Å². The second-order valence-corrected chi connectivity index (χ2v) is 5.69. The van der Waals surface area contributed by atoms with Crippen LogP contribution in [0.3, 0.4) is 0 Å². The Kier molecular flexibility index (Phi) is 5.39. The molecule has 1 saturated carbocycles. The second-order valence-electron chi connectivity index (χ2n) is 5.69. The van der Waals surface area contributed by atoms with Crippen LogP contribution in [0.2, 0.25) is 0 Å². The average molecular weight is 364 g/mol. The van der Waals surface area contributed by atoms with Gasteiger partial charge in [-0.1, -0.05) is 18.0 Å². The SMILES string of the molecule is Cl.NC1(c2noc(COc3ccc(C(F)(F)F)cc3)n2)CCCC1. The molecular formula is C15H17ClF3N3O2. The van der Waals surface area contributed by atoms with E-state index in [0.717, 1.165) is 37.8 Å². The number of ether oxygens (including phenoxy) is 1. The third kappa shape index (κ3) is 3.99. The van der Waals surface area contributed by atoms with E-state index in [1.54, 1.807) is 0 Å². The fourth-order valence-electron chi connectivity index (χ4n) is 2.63. The summed E-state index contributed by atoms with van der Waals surface area (Å²) in [6.45, 7) is -0.0194. The Morgan fingerprint density at radius 1 is 1.17 bits per heavy atom. The summed E-state index contributed by atoms with van der Waals surface area (Å²) in [4.78, 5) is 4.23. The van der Waals surface area contributed by atoms with Crippen LogP contribution in [-0.2, 0) is 18.3 Å². The highest BCUT2D eigenvalue weighted by Gasteiger charge is 2.36. The number of benzene rings is 1. The maximum absolute atomic E-state index is 12.5. The van der Waals surface area contributed by atoms with Gasteiger partial charge in [0, 0.05) is 0 Å². The molecule has 0 spiro atoms. The van der Waals surface area contributed by atoms with Gasteiger partial charge in [0.05, 0.1) is 11.1 Å². The summed E-state index contributed by atoms with van der Waals surface area (Å²) in [5, 5.41) is 3.89. The first kappa shape index (κ1) is 18.5. The molecule has 0 radical (unpaired) electrons. The monoisotopic (exact) mass is 363 g/mol. The van der Waals surface area contributed by atoms with Crippen LogP contribution >= 0.6 is 12.4 Å². The molecular weight excluding hydrogens is 347 g/mol. The highest BCUT2D eigenvalue weighted by Crippen LogP contribution is 2.34. The van der Waals surface area contributed by atoms with Crippen LogP contribution in [0.4, 0.5) is 13.2 Å². The zero-order valence-corrected chi connectivity index (χ0v) is 13.5. The predicted octanol–water partition coefficient (Wildman–Crippen LogP) is 3.82. The minimum Gasteiger partial charge on any atom is -0.484 e. The van der Waals surface area contributed by atoms with Gasteiger partial charge < -0.3 is 15.0 Å². The van der Waals surface area contributed by atoms with E-state index in [2.05, 4.69) is 10.1 Å². The Labute approximate surface area is 142 Å². The number of nitrogens with two attached hydrogens (primary N) is 1. The van der Waals surface area contributed by atoms with Crippen molar-refractivity contribution >= 4 is 12.4 Å². The van der Waals surface area contributed by atoms with Crippen molar-refractivity contribution in [3.63, 3.8) is 0 Å². The summed E-state index contributed by atoms with van der Waals surface area (Å²) in [5.74, 6) is 0.999. The highest BCUT2D eigenvalue weighted by atomic mass is 35.5. The largest absolute Gasteiger partial charge is 0.484 e. The number of nitrogens with zero attached hydrogens (tertiary/aromatic N) is 2. The molecule has 132 valence electrons.